The van der Waals surface area contributed by atoms with Crippen LogP contribution in [-0.2, 0) is 31.4 Å². The zero-order valence-electron chi connectivity index (χ0n) is 12.9. The molecule has 0 saturated heterocycles. The van der Waals surface area contributed by atoms with Gasteiger partial charge in [0.15, 0.2) is 0 Å². The Morgan fingerprint density at radius 3 is 2.83 bits per heavy atom. The second-order valence-corrected chi connectivity index (χ2v) is 6.85. The second kappa shape index (κ2) is 5.38. The van der Waals surface area contributed by atoms with Crippen molar-refractivity contribution in [2.45, 2.75) is 19.5 Å². The molecule has 1 aromatic carbocycles. The molecule has 23 heavy (non-hydrogen) atoms. The number of para-hydroxylation sites is 2. The summed E-state index contributed by atoms with van der Waals surface area (Å²) in [6.07, 6.45) is 0.906. The smallest absolute Gasteiger partial charge is 0.329 e. The number of thiophene rings is 1. The standard InChI is InChI=1S/C17H17N3O2S/c1-18-13-4-2-3-5-14(13)20(17(18)22)11-16(21)19-8-6-15-12(10-19)7-9-23-15/h2-5,7,9H,6,8,10-11H2,1H3. The van der Waals surface area contributed by atoms with Crippen molar-refractivity contribution in [3.05, 3.63) is 56.6 Å². The molecule has 0 unspecified atom stereocenters. The van der Waals surface area contributed by atoms with E-state index in [0.29, 0.717) is 6.54 Å². The van der Waals surface area contributed by atoms with Gasteiger partial charge < -0.3 is 4.90 Å². The molecule has 1 amide bonds. The SMILES string of the molecule is Cn1c(=O)n(CC(=O)N2CCc3sccc3C2)c2ccccc21. The van der Waals surface area contributed by atoms with Crippen LogP contribution < -0.4 is 5.69 Å². The summed E-state index contributed by atoms with van der Waals surface area (Å²) >= 11 is 1.75. The average molecular weight is 327 g/mol. The average Bonchev–Trinajstić information content (AvgIpc) is 3.13. The highest BCUT2D eigenvalue weighted by Gasteiger charge is 2.23. The molecule has 118 valence electrons. The molecule has 6 heteroatoms. The van der Waals surface area contributed by atoms with E-state index < -0.39 is 0 Å². The van der Waals surface area contributed by atoms with Crippen LogP contribution in [0.5, 0.6) is 0 Å². The summed E-state index contributed by atoms with van der Waals surface area (Å²) in [6.45, 7) is 1.47. The Bertz CT molecular complexity index is 950. The number of imidazole rings is 1. The van der Waals surface area contributed by atoms with E-state index in [1.165, 1.54) is 10.4 Å². The summed E-state index contributed by atoms with van der Waals surface area (Å²) in [5.41, 5.74) is 2.75. The molecule has 0 atom stereocenters. The molecule has 0 N–H and O–H groups in total. The van der Waals surface area contributed by atoms with Gasteiger partial charge in [-0.05, 0) is 35.6 Å². The van der Waals surface area contributed by atoms with Crippen LogP contribution in [0.2, 0.25) is 0 Å². The number of fused-ring (bicyclic) bond motifs is 2. The van der Waals surface area contributed by atoms with Gasteiger partial charge >= 0.3 is 5.69 Å². The number of aromatic nitrogens is 2. The molecule has 0 fully saturated rings. The molecule has 0 bridgehead atoms. The maximum atomic E-state index is 12.7. The van der Waals surface area contributed by atoms with Crippen molar-refractivity contribution >= 4 is 28.3 Å². The monoisotopic (exact) mass is 327 g/mol. The zero-order chi connectivity index (χ0) is 16.0. The Hall–Kier alpha value is -2.34. The van der Waals surface area contributed by atoms with Gasteiger partial charge in [0.1, 0.15) is 6.54 Å². The highest BCUT2D eigenvalue weighted by atomic mass is 32.1. The molecule has 1 aliphatic rings. The molecule has 1 aliphatic heterocycles. The fraction of sp³-hybridized carbons (Fsp3) is 0.294. The molecule has 5 nitrogen and oxygen atoms in total. The number of carbonyl (C=O) groups excluding carboxylic acids is 1. The number of aryl methyl sites for hydroxylation is 1. The van der Waals surface area contributed by atoms with Crippen molar-refractivity contribution in [1.82, 2.24) is 14.0 Å². The third kappa shape index (κ3) is 2.30. The first-order valence-electron chi connectivity index (χ1n) is 7.62. The Morgan fingerprint density at radius 2 is 2.00 bits per heavy atom. The first kappa shape index (κ1) is 14.3. The molecule has 3 aromatic rings. The van der Waals surface area contributed by atoms with E-state index in [4.69, 9.17) is 0 Å². The topological polar surface area (TPSA) is 47.2 Å². The largest absolute Gasteiger partial charge is 0.336 e. The molecule has 0 aliphatic carbocycles. The maximum Gasteiger partial charge on any atom is 0.329 e. The summed E-state index contributed by atoms with van der Waals surface area (Å²) in [5.74, 6) is 0.000281. The molecule has 3 heterocycles. The van der Waals surface area contributed by atoms with Crippen LogP contribution in [0, 0.1) is 0 Å². The number of benzene rings is 1. The normalized spacial score (nSPS) is 14.2. The minimum Gasteiger partial charge on any atom is -0.336 e. The Kier molecular flexibility index (Phi) is 3.34. The summed E-state index contributed by atoms with van der Waals surface area (Å²) in [5, 5.41) is 2.08. The first-order valence-corrected chi connectivity index (χ1v) is 8.50. The number of rotatable bonds is 2. The van der Waals surface area contributed by atoms with Crippen molar-refractivity contribution in [2.75, 3.05) is 6.54 Å². The molecular formula is C17H17N3O2S. The fourth-order valence-electron chi connectivity index (χ4n) is 3.21. The number of carbonyl (C=O) groups is 1. The second-order valence-electron chi connectivity index (χ2n) is 5.85. The van der Waals surface area contributed by atoms with Gasteiger partial charge in [-0.2, -0.15) is 0 Å². The predicted molar refractivity (Wildman–Crippen MR) is 90.6 cm³/mol. The van der Waals surface area contributed by atoms with E-state index in [1.54, 1.807) is 27.5 Å². The molecular weight excluding hydrogens is 310 g/mol. The number of hydrogen-bond acceptors (Lipinski definition) is 3. The van der Waals surface area contributed by atoms with Crippen molar-refractivity contribution < 1.29 is 4.79 Å². The lowest BCUT2D eigenvalue weighted by Crippen LogP contribution is -2.39. The van der Waals surface area contributed by atoms with E-state index in [2.05, 4.69) is 11.4 Å². The minimum absolute atomic E-state index is 0.000281. The molecule has 4 rings (SSSR count). The van der Waals surface area contributed by atoms with Crippen molar-refractivity contribution in [2.24, 2.45) is 7.05 Å². The van der Waals surface area contributed by atoms with Crippen molar-refractivity contribution in [3.63, 3.8) is 0 Å². The minimum atomic E-state index is -0.146. The third-order valence-electron chi connectivity index (χ3n) is 4.51. The van der Waals surface area contributed by atoms with Crippen LogP contribution in [0.25, 0.3) is 11.0 Å². The lowest BCUT2D eigenvalue weighted by atomic mass is 10.1. The number of amides is 1. The van der Waals surface area contributed by atoms with E-state index in [-0.39, 0.29) is 18.1 Å². The van der Waals surface area contributed by atoms with Gasteiger partial charge in [-0.15, -0.1) is 11.3 Å². The van der Waals surface area contributed by atoms with Crippen LogP contribution >= 0.6 is 11.3 Å². The molecule has 0 saturated carbocycles. The van der Waals surface area contributed by atoms with Crippen LogP contribution in [-0.4, -0.2) is 26.5 Å². The quantitative estimate of drug-likeness (QED) is 0.723. The first-order chi connectivity index (χ1) is 11.1. The zero-order valence-corrected chi connectivity index (χ0v) is 13.7. The molecule has 0 spiro atoms. The predicted octanol–water partition coefficient (Wildman–Crippen LogP) is 1.99. The summed E-state index contributed by atoms with van der Waals surface area (Å²) in [6, 6.07) is 9.66. The molecule has 0 radical (unpaired) electrons. The molecule has 2 aromatic heterocycles. The summed E-state index contributed by atoms with van der Waals surface area (Å²) < 4.78 is 3.16. The summed E-state index contributed by atoms with van der Waals surface area (Å²) in [7, 11) is 1.74. The van der Waals surface area contributed by atoms with E-state index >= 15 is 0 Å². The Labute approximate surface area is 137 Å². The highest BCUT2D eigenvalue weighted by molar-refractivity contribution is 7.10. The third-order valence-corrected chi connectivity index (χ3v) is 5.53. The van der Waals surface area contributed by atoms with Crippen LogP contribution in [0.3, 0.4) is 0 Å². The Balaban J connectivity index is 1.63. The lowest BCUT2D eigenvalue weighted by molar-refractivity contribution is -0.132. The number of nitrogens with zero attached hydrogens (tertiary/aromatic N) is 3. The van der Waals surface area contributed by atoms with E-state index in [0.717, 1.165) is 24.0 Å². The van der Waals surface area contributed by atoms with Crippen LogP contribution in [0.15, 0.2) is 40.5 Å². The van der Waals surface area contributed by atoms with Gasteiger partial charge in [0.05, 0.1) is 11.0 Å². The summed E-state index contributed by atoms with van der Waals surface area (Å²) in [4.78, 5) is 28.3. The van der Waals surface area contributed by atoms with Gasteiger partial charge in [-0.25, -0.2) is 4.79 Å². The fourth-order valence-corrected chi connectivity index (χ4v) is 4.10. The van der Waals surface area contributed by atoms with Crippen LogP contribution in [0.1, 0.15) is 10.4 Å². The van der Waals surface area contributed by atoms with Crippen molar-refractivity contribution in [1.29, 1.82) is 0 Å². The van der Waals surface area contributed by atoms with Crippen molar-refractivity contribution in [3.8, 4) is 0 Å². The van der Waals surface area contributed by atoms with Gasteiger partial charge in [-0.1, -0.05) is 12.1 Å². The van der Waals surface area contributed by atoms with Gasteiger partial charge in [0.2, 0.25) is 5.91 Å². The van der Waals surface area contributed by atoms with Crippen LogP contribution in [0.4, 0.5) is 0 Å². The number of hydrogen-bond donors (Lipinski definition) is 0. The highest BCUT2D eigenvalue weighted by Crippen LogP contribution is 2.24. The maximum absolute atomic E-state index is 12.7. The Morgan fingerprint density at radius 1 is 1.22 bits per heavy atom. The lowest BCUT2D eigenvalue weighted by Gasteiger charge is -2.27. The van der Waals surface area contributed by atoms with E-state index in [1.807, 2.05) is 29.2 Å². The van der Waals surface area contributed by atoms with Gasteiger partial charge in [0.25, 0.3) is 0 Å². The van der Waals surface area contributed by atoms with Gasteiger partial charge in [-0.3, -0.25) is 13.9 Å². The van der Waals surface area contributed by atoms with E-state index in [9.17, 15) is 9.59 Å². The van der Waals surface area contributed by atoms with Gasteiger partial charge in [0, 0.05) is 25.0 Å².